The first kappa shape index (κ1) is 12.0. The number of hydrogen-bond acceptors (Lipinski definition) is 3. The van der Waals surface area contributed by atoms with Crippen molar-refractivity contribution in [2.24, 2.45) is 0 Å². The fourth-order valence-electron chi connectivity index (χ4n) is 1.88. The third kappa shape index (κ3) is 3.25. The first-order chi connectivity index (χ1) is 8.15. The van der Waals surface area contributed by atoms with Gasteiger partial charge in [-0.1, -0.05) is 18.2 Å². The molecule has 1 amide bonds. The Labute approximate surface area is 99.0 Å². The Balaban J connectivity index is 1.82. The number of nitrogens with zero attached hydrogens (tertiary/aromatic N) is 1. The van der Waals surface area contributed by atoms with Gasteiger partial charge in [0, 0.05) is 18.8 Å². The van der Waals surface area contributed by atoms with Gasteiger partial charge in [-0.15, -0.1) is 0 Å². The Bertz CT molecular complexity index is 375. The number of rotatable bonds is 3. The molecular formula is C12H15FN2O2. The van der Waals surface area contributed by atoms with Gasteiger partial charge in [-0.05, 0) is 12.1 Å². The van der Waals surface area contributed by atoms with E-state index in [-0.39, 0.29) is 25.5 Å². The zero-order valence-corrected chi connectivity index (χ0v) is 9.34. The van der Waals surface area contributed by atoms with Gasteiger partial charge in [-0.3, -0.25) is 9.69 Å². The first-order valence-electron chi connectivity index (χ1n) is 5.54. The molecule has 2 N–H and O–H groups in total. The average molecular weight is 238 g/mol. The topological polar surface area (TPSA) is 52.6 Å². The van der Waals surface area contributed by atoms with Gasteiger partial charge < -0.3 is 10.4 Å². The Kier molecular flexibility index (Phi) is 3.71. The van der Waals surface area contributed by atoms with E-state index in [2.05, 4.69) is 5.32 Å². The Morgan fingerprint density at radius 1 is 1.41 bits per heavy atom. The number of halogens is 1. The summed E-state index contributed by atoms with van der Waals surface area (Å²) in [6.45, 7) is 0.430. The van der Waals surface area contributed by atoms with Crippen LogP contribution >= 0.6 is 0 Å². The van der Waals surface area contributed by atoms with Gasteiger partial charge in [-0.25, -0.2) is 4.39 Å². The second-order valence-electron chi connectivity index (χ2n) is 4.19. The standard InChI is InChI=1S/C12H15FN2O2/c13-10-6-15(7-11(10)16)8-12(17)14-9-4-2-1-3-5-9/h1-5,10-11,16H,6-8H2,(H,14,17)/t10-,11-/m1/s1. The molecule has 0 aliphatic carbocycles. The molecule has 0 spiro atoms. The lowest BCUT2D eigenvalue weighted by molar-refractivity contribution is -0.117. The van der Waals surface area contributed by atoms with Crippen LogP contribution < -0.4 is 5.32 Å². The van der Waals surface area contributed by atoms with Crippen molar-refractivity contribution in [1.29, 1.82) is 0 Å². The van der Waals surface area contributed by atoms with Crippen LogP contribution in [0.15, 0.2) is 30.3 Å². The molecule has 0 aromatic heterocycles. The maximum Gasteiger partial charge on any atom is 0.238 e. The molecule has 5 heteroatoms. The number of carbonyl (C=O) groups is 1. The van der Waals surface area contributed by atoms with E-state index < -0.39 is 12.3 Å². The third-order valence-corrected chi connectivity index (χ3v) is 2.72. The number of nitrogens with one attached hydrogen (secondary N) is 1. The van der Waals surface area contributed by atoms with Crippen molar-refractivity contribution >= 4 is 11.6 Å². The number of carbonyl (C=O) groups excluding carboxylic acids is 1. The van der Waals surface area contributed by atoms with E-state index in [4.69, 9.17) is 0 Å². The predicted octanol–water partition coefficient (Wildman–Crippen LogP) is 0.640. The lowest BCUT2D eigenvalue weighted by Gasteiger charge is -2.13. The zero-order valence-electron chi connectivity index (χ0n) is 9.34. The number of aliphatic hydroxyl groups is 1. The van der Waals surface area contributed by atoms with Crippen molar-refractivity contribution < 1.29 is 14.3 Å². The molecule has 1 aromatic rings. The quantitative estimate of drug-likeness (QED) is 0.812. The molecule has 1 aliphatic rings. The second-order valence-corrected chi connectivity index (χ2v) is 4.19. The van der Waals surface area contributed by atoms with E-state index in [0.29, 0.717) is 5.69 Å². The molecule has 1 saturated heterocycles. The minimum atomic E-state index is -1.25. The molecule has 0 saturated carbocycles. The third-order valence-electron chi connectivity index (χ3n) is 2.72. The molecule has 0 bridgehead atoms. The number of β-amino-alcohol motifs (C(OH)–C–C–N with tert-alkyl or cyclic N) is 1. The maximum absolute atomic E-state index is 13.0. The first-order valence-corrected chi connectivity index (χ1v) is 5.54. The summed E-state index contributed by atoms with van der Waals surface area (Å²) in [5.41, 5.74) is 0.717. The van der Waals surface area contributed by atoms with Crippen LogP contribution in [0.3, 0.4) is 0 Å². The number of anilines is 1. The number of aliphatic hydroxyl groups excluding tert-OH is 1. The van der Waals surface area contributed by atoms with Crippen LogP contribution in [0.25, 0.3) is 0 Å². The maximum atomic E-state index is 13.0. The van der Waals surface area contributed by atoms with Gasteiger partial charge in [0.05, 0.1) is 12.6 Å². The fraction of sp³-hybridized carbons (Fsp3) is 0.417. The van der Waals surface area contributed by atoms with Crippen molar-refractivity contribution in [2.45, 2.75) is 12.3 Å². The Morgan fingerprint density at radius 2 is 2.12 bits per heavy atom. The summed E-state index contributed by atoms with van der Waals surface area (Å²) in [6, 6.07) is 9.09. The van der Waals surface area contributed by atoms with Crippen LogP contribution in [-0.2, 0) is 4.79 Å². The minimum Gasteiger partial charge on any atom is -0.389 e. The van der Waals surface area contributed by atoms with Crippen LogP contribution in [0.4, 0.5) is 10.1 Å². The SMILES string of the molecule is O=C(CN1C[C@@H](O)[C@H](F)C1)Nc1ccccc1. The summed E-state index contributed by atoms with van der Waals surface area (Å²) in [5.74, 6) is -0.197. The monoisotopic (exact) mass is 238 g/mol. The average Bonchev–Trinajstić information content (AvgIpc) is 2.59. The molecule has 92 valence electrons. The highest BCUT2D eigenvalue weighted by Gasteiger charge is 2.31. The number of para-hydroxylation sites is 1. The van der Waals surface area contributed by atoms with Crippen LogP contribution in [0.5, 0.6) is 0 Å². The fourth-order valence-corrected chi connectivity index (χ4v) is 1.88. The summed E-state index contributed by atoms with van der Waals surface area (Å²) < 4.78 is 13.0. The molecule has 1 heterocycles. The Hall–Kier alpha value is -1.46. The molecule has 0 unspecified atom stereocenters. The van der Waals surface area contributed by atoms with E-state index >= 15 is 0 Å². The molecule has 2 rings (SSSR count). The van der Waals surface area contributed by atoms with Crippen LogP contribution in [0.1, 0.15) is 0 Å². The van der Waals surface area contributed by atoms with Gasteiger partial charge in [0.25, 0.3) is 0 Å². The van der Waals surface area contributed by atoms with E-state index in [1.165, 1.54) is 0 Å². The number of benzene rings is 1. The van der Waals surface area contributed by atoms with Crippen LogP contribution in [0, 0.1) is 0 Å². The van der Waals surface area contributed by atoms with Crippen molar-refractivity contribution in [1.82, 2.24) is 4.90 Å². The summed E-state index contributed by atoms with van der Waals surface area (Å²) >= 11 is 0. The molecule has 1 fully saturated rings. The lowest BCUT2D eigenvalue weighted by Crippen LogP contribution is -2.32. The van der Waals surface area contributed by atoms with Gasteiger partial charge >= 0.3 is 0 Å². The van der Waals surface area contributed by atoms with Gasteiger partial charge in [0.15, 0.2) is 0 Å². The largest absolute Gasteiger partial charge is 0.389 e. The molecule has 1 aliphatic heterocycles. The molecule has 2 atom stereocenters. The van der Waals surface area contributed by atoms with Crippen molar-refractivity contribution in [3.8, 4) is 0 Å². The highest BCUT2D eigenvalue weighted by Crippen LogP contribution is 2.13. The van der Waals surface area contributed by atoms with E-state index in [1.807, 2.05) is 18.2 Å². The van der Waals surface area contributed by atoms with Gasteiger partial charge in [-0.2, -0.15) is 0 Å². The summed E-state index contributed by atoms with van der Waals surface area (Å²) in [7, 11) is 0. The van der Waals surface area contributed by atoms with Gasteiger partial charge in [0.1, 0.15) is 6.17 Å². The van der Waals surface area contributed by atoms with E-state index in [1.54, 1.807) is 17.0 Å². The van der Waals surface area contributed by atoms with Crippen molar-refractivity contribution in [3.63, 3.8) is 0 Å². The van der Waals surface area contributed by atoms with Crippen molar-refractivity contribution in [3.05, 3.63) is 30.3 Å². The predicted molar refractivity (Wildman–Crippen MR) is 62.4 cm³/mol. The zero-order chi connectivity index (χ0) is 12.3. The summed E-state index contributed by atoms with van der Waals surface area (Å²) in [4.78, 5) is 13.2. The van der Waals surface area contributed by atoms with Gasteiger partial charge in [0.2, 0.25) is 5.91 Å². The second kappa shape index (κ2) is 5.25. The van der Waals surface area contributed by atoms with Crippen LogP contribution in [-0.4, -0.2) is 47.8 Å². The van der Waals surface area contributed by atoms with Crippen molar-refractivity contribution in [2.75, 3.05) is 25.0 Å². The van der Waals surface area contributed by atoms with E-state index in [0.717, 1.165) is 0 Å². The molecule has 0 radical (unpaired) electrons. The molecule has 1 aromatic carbocycles. The highest BCUT2D eigenvalue weighted by atomic mass is 19.1. The lowest BCUT2D eigenvalue weighted by atomic mass is 10.3. The number of likely N-dealkylation sites (tertiary alicyclic amines) is 1. The highest BCUT2D eigenvalue weighted by molar-refractivity contribution is 5.92. The Morgan fingerprint density at radius 3 is 2.71 bits per heavy atom. The molecule has 17 heavy (non-hydrogen) atoms. The number of hydrogen-bond donors (Lipinski definition) is 2. The normalized spacial score (nSPS) is 24.8. The van der Waals surface area contributed by atoms with E-state index in [9.17, 15) is 14.3 Å². The minimum absolute atomic E-state index is 0.104. The van der Waals surface area contributed by atoms with Crippen LogP contribution in [0.2, 0.25) is 0 Å². The summed E-state index contributed by atoms with van der Waals surface area (Å²) in [5, 5.41) is 11.9. The molecular weight excluding hydrogens is 223 g/mol. The smallest absolute Gasteiger partial charge is 0.238 e. The molecule has 4 nitrogen and oxygen atoms in total. The number of amides is 1. The summed E-state index contributed by atoms with van der Waals surface area (Å²) in [6.07, 6.45) is -2.22. The number of alkyl halides is 1.